The van der Waals surface area contributed by atoms with Crippen molar-refractivity contribution in [3.63, 3.8) is 0 Å². The van der Waals surface area contributed by atoms with Gasteiger partial charge < -0.3 is 5.73 Å². The maximum absolute atomic E-state index is 12.4. The lowest BCUT2D eigenvalue weighted by Gasteiger charge is -2.22. The first kappa shape index (κ1) is 15.1. The van der Waals surface area contributed by atoms with Gasteiger partial charge in [0.1, 0.15) is 0 Å². The first-order chi connectivity index (χ1) is 9.42. The lowest BCUT2D eigenvalue weighted by Crippen LogP contribution is -2.37. The van der Waals surface area contributed by atoms with Gasteiger partial charge in [0, 0.05) is 25.3 Å². The van der Waals surface area contributed by atoms with Crippen LogP contribution in [0.15, 0.2) is 24.3 Å². The van der Waals surface area contributed by atoms with E-state index in [1.165, 1.54) is 4.90 Å². The number of anilines is 1. The average Bonchev–Trinajstić information content (AvgIpc) is 2.53. The minimum Gasteiger partial charge on any atom is -0.399 e. The van der Waals surface area contributed by atoms with E-state index in [0.29, 0.717) is 19.6 Å². The highest BCUT2D eigenvalue weighted by Crippen LogP contribution is 2.18. The molecule has 2 rings (SSSR count). The Balaban J connectivity index is 1.86. The van der Waals surface area contributed by atoms with E-state index >= 15 is 0 Å². The van der Waals surface area contributed by atoms with Crippen LogP contribution in [0.25, 0.3) is 0 Å². The second-order valence-electron chi connectivity index (χ2n) is 5.27. The summed E-state index contributed by atoms with van der Waals surface area (Å²) in [5.41, 5.74) is 7.56. The Kier molecular flexibility index (Phi) is 4.88. The van der Waals surface area contributed by atoms with E-state index < -0.39 is 12.7 Å². The van der Waals surface area contributed by atoms with Crippen molar-refractivity contribution < 1.29 is 13.2 Å². The molecule has 1 aromatic carbocycles. The SMILES string of the molecule is Nc1cccc(CN2CCCN(CC(F)(F)F)CC2)c1. The van der Waals surface area contributed by atoms with Crippen LogP contribution in [0, 0.1) is 0 Å². The Bertz CT molecular complexity index is 434. The van der Waals surface area contributed by atoms with Gasteiger partial charge >= 0.3 is 6.18 Å². The molecule has 1 aliphatic heterocycles. The molecule has 112 valence electrons. The molecule has 0 radical (unpaired) electrons. The molecule has 20 heavy (non-hydrogen) atoms. The lowest BCUT2D eigenvalue weighted by molar-refractivity contribution is -0.145. The fourth-order valence-corrected chi connectivity index (χ4v) is 2.54. The van der Waals surface area contributed by atoms with Crippen LogP contribution in [0.4, 0.5) is 18.9 Å². The molecule has 0 amide bonds. The topological polar surface area (TPSA) is 32.5 Å². The molecule has 0 aliphatic carbocycles. The molecule has 0 aromatic heterocycles. The number of hydrogen-bond acceptors (Lipinski definition) is 3. The summed E-state index contributed by atoms with van der Waals surface area (Å²) in [6.07, 6.45) is -3.35. The fourth-order valence-electron chi connectivity index (χ4n) is 2.54. The zero-order chi connectivity index (χ0) is 14.6. The van der Waals surface area contributed by atoms with Crippen LogP contribution in [0.2, 0.25) is 0 Å². The van der Waals surface area contributed by atoms with Crippen LogP contribution < -0.4 is 5.73 Å². The molecular formula is C14H20F3N3. The van der Waals surface area contributed by atoms with E-state index in [1.54, 1.807) is 0 Å². The molecule has 1 aromatic rings. The van der Waals surface area contributed by atoms with Gasteiger partial charge in [0.25, 0.3) is 0 Å². The first-order valence-electron chi connectivity index (χ1n) is 6.78. The largest absolute Gasteiger partial charge is 0.401 e. The van der Waals surface area contributed by atoms with Crippen LogP contribution in [0.1, 0.15) is 12.0 Å². The molecule has 6 heteroatoms. The number of rotatable bonds is 3. The molecule has 1 aliphatic rings. The molecule has 3 nitrogen and oxygen atoms in total. The van der Waals surface area contributed by atoms with Gasteiger partial charge in [-0.15, -0.1) is 0 Å². The third-order valence-electron chi connectivity index (χ3n) is 3.44. The van der Waals surface area contributed by atoms with Crippen LogP contribution >= 0.6 is 0 Å². The number of hydrogen-bond donors (Lipinski definition) is 1. The van der Waals surface area contributed by atoms with Crippen LogP contribution in [0.3, 0.4) is 0 Å². The predicted molar refractivity (Wildman–Crippen MR) is 73.2 cm³/mol. The normalized spacial score (nSPS) is 18.9. The molecule has 1 fully saturated rings. The molecule has 0 unspecified atom stereocenters. The maximum Gasteiger partial charge on any atom is 0.401 e. The van der Waals surface area contributed by atoms with Gasteiger partial charge in [0.05, 0.1) is 6.54 Å². The van der Waals surface area contributed by atoms with Crippen molar-refractivity contribution in [3.05, 3.63) is 29.8 Å². The van der Waals surface area contributed by atoms with Crippen molar-refractivity contribution in [1.82, 2.24) is 9.80 Å². The quantitative estimate of drug-likeness (QED) is 0.866. The number of alkyl halides is 3. The summed E-state index contributed by atoms with van der Waals surface area (Å²) in [5, 5.41) is 0. The summed E-state index contributed by atoms with van der Waals surface area (Å²) in [5.74, 6) is 0. The summed E-state index contributed by atoms with van der Waals surface area (Å²) < 4.78 is 37.2. The molecule has 0 atom stereocenters. The van der Waals surface area contributed by atoms with Gasteiger partial charge in [-0.1, -0.05) is 12.1 Å². The molecule has 0 saturated carbocycles. The van der Waals surface area contributed by atoms with Gasteiger partial charge in [-0.3, -0.25) is 9.80 Å². The molecule has 2 N–H and O–H groups in total. The third-order valence-corrected chi connectivity index (χ3v) is 3.44. The molecule has 1 saturated heterocycles. The van der Waals surface area contributed by atoms with Gasteiger partial charge in [-0.25, -0.2) is 0 Å². The molecule has 0 bridgehead atoms. The Morgan fingerprint density at radius 1 is 1.05 bits per heavy atom. The standard InChI is InChI=1S/C14H20F3N3/c15-14(16,17)11-20-6-2-5-19(7-8-20)10-12-3-1-4-13(18)9-12/h1,3-4,9H,2,5-8,10-11,18H2. The van der Waals surface area contributed by atoms with Gasteiger partial charge in [0.15, 0.2) is 0 Å². The van der Waals surface area contributed by atoms with E-state index in [1.807, 2.05) is 24.3 Å². The van der Waals surface area contributed by atoms with Gasteiger partial charge in [0.2, 0.25) is 0 Å². The highest BCUT2D eigenvalue weighted by Gasteiger charge is 2.31. The van der Waals surface area contributed by atoms with Gasteiger partial charge in [-0.2, -0.15) is 13.2 Å². The van der Waals surface area contributed by atoms with E-state index in [9.17, 15) is 13.2 Å². The number of nitrogens with zero attached hydrogens (tertiary/aromatic N) is 2. The van der Waals surface area contributed by atoms with Gasteiger partial charge in [-0.05, 0) is 37.2 Å². The second-order valence-corrected chi connectivity index (χ2v) is 5.27. The maximum atomic E-state index is 12.4. The van der Waals surface area contributed by atoms with E-state index in [0.717, 1.165) is 30.8 Å². The fraction of sp³-hybridized carbons (Fsp3) is 0.571. The van der Waals surface area contributed by atoms with Crippen molar-refractivity contribution in [2.75, 3.05) is 38.5 Å². The molecule has 0 spiro atoms. The molecule has 1 heterocycles. The summed E-state index contributed by atoms with van der Waals surface area (Å²) in [6, 6.07) is 7.64. The van der Waals surface area contributed by atoms with Crippen molar-refractivity contribution in [3.8, 4) is 0 Å². The summed E-state index contributed by atoms with van der Waals surface area (Å²) in [4.78, 5) is 3.67. The number of nitrogens with two attached hydrogens (primary N) is 1. The zero-order valence-corrected chi connectivity index (χ0v) is 11.4. The summed E-state index contributed by atoms with van der Waals surface area (Å²) in [6.45, 7) is 2.38. The summed E-state index contributed by atoms with van der Waals surface area (Å²) in [7, 11) is 0. The number of halogens is 3. The second kappa shape index (κ2) is 6.45. The lowest BCUT2D eigenvalue weighted by atomic mass is 10.2. The Morgan fingerprint density at radius 3 is 2.45 bits per heavy atom. The smallest absolute Gasteiger partial charge is 0.399 e. The van der Waals surface area contributed by atoms with Crippen LogP contribution in [0.5, 0.6) is 0 Å². The van der Waals surface area contributed by atoms with Crippen molar-refractivity contribution >= 4 is 5.69 Å². The molecular weight excluding hydrogens is 267 g/mol. The minimum absolute atomic E-state index is 0.460. The van der Waals surface area contributed by atoms with Crippen molar-refractivity contribution in [1.29, 1.82) is 0 Å². The predicted octanol–water partition coefficient (Wildman–Crippen LogP) is 2.34. The minimum atomic E-state index is -4.11. The Hall–Kier alpha value is -1.27. The van der Waals surface area contributed by atoms with Crippen molar-refractivity contribution in [2.24, 2.45) is 0 Å². The van der Waals surface area contributed by atoms with Crippen LogP contribution in [-0.4, -0.2) is 48.7 Å². The first-order valence-corrected chi connectivity index (χ1v) is 6.78. The monoisotopic (exact) mass is 287 g/mol. The Morgan fingerprint density at radius 2 is 1.75 bits per heavy atom. The summed E-state index contributed by atoms with van der Waals surface area (Å²) >= 11 is 0. The van der Waals surface area contributed by atoms with E-state index in [2.05, 4.69) is 4.90 Å². The highest BCUT2D eigenvalue weighted by molar-refractivity contribution is 5.40. The average molecular weight is 287 g/mol. The van der Waals surface area contributed by atoms with Crippen LogP contribution in [-0.2, 0) is 6.54 Å². The number of nitrogen functional groups attached to an aromatic ring is 1. The number of benzene rings is 1. The van der Waals surface area contributed by atoms with E-state index in [4.69, 9.17) is 5.73 Å². The Labute approximate surface area is 117 Å². The highest BCUT2D eigenvalue weighted by atomic mass is 19.4. The zero-order valence-electron chi connectivity index (χ0n) is 11.4. The van der Waals surface area contributed by atoms with E-state index in [-0.39, 0.29) is 0 Å². The third kappa shape index (κ3) is 5.02. The van der Waals surface area contributed by atoms with Crippen molar-refractivity contribution in [2.45, 2.75) is 19.1 Å².